The third-order valence-corrected chi connectivity index (χ3v) is 8.32. The zero-order valence-electron chi connectivity index (χ0n) is 19.6. The van der Waals surface area contributed by atoms with Crippen LogP contribution < -0.4 is 11.1 Å². The molecule has 1 aromatic carbocycles. The Hall–Kier alpha value is -3.35. The summed E-state index contributed by atoms with van der Waals surface area (Å²) >= 11 is 8.46. The summed E-state index contributed by atoms with van der Waals surface area (Å²) in [6, 6.07) is 6.39. The second-order valence-corrected chi connectivity index (χ2v) is 11.3. The van der Waals surface area contributed by atoms with Crippen LogP contribution in [0.1, 0.15) is 72.2 Å². The van der Waals surface area contributed by atoms with E-state index in [-0.39, 0.29) is 32.9 Å². The van der Waals surface area contributed by atoms with Crippen molar-refractivity contribution in [3.8, 4) is 11.8 Å². The molecule has 5 rings (SSSR count). The highest BCUT2D eigenvalue weighted by molar-refractivity contribution is 7.17. The normalized spacial score (nSPS) is 12.1. The minimum atomic E-state index is -1.22. The van der Waals surface area contributed by atoms with Gasteiger partial charge in [0.1, 0.15) is 10.0 Å². The van der Waals surface area contributed by atoms with Crippen molar-refractivity contribution in [1.82, 2.24) is 29.2 Å². The first kappa shape index (κ1) is 24.3. The van der Waals surface area contributed by atoms with Gasteiger partial charge in [0.15, 0.2) is 0 Å². The number of rotatable bonds is 5. The predicted octanol–water partition coefficient (Wildman–Crippen LogP) is 4.11. The summed E-state index contributed by atoms with van der Waals surface area (Å²) in [5.74, 6) is -2.28. The Morgan fingerprint density at radius 1 is 0.778 bits per heavy atom. The summed E-state index contributed by atoms with van der Waals surface area (Å²) in [5, 5.41) is 32.4. The van der Waals surface area contributed by atoms with Crippen molar-refractivity contribution in [3.63, 3.8) is 0 Å². The quantitative estimate of drug-likeness (QED) is 0.337. The molecule has 0 bridgehead atoms. The first-order valence-electron chi connectivity index (χ1n) is 11.1. The maximum absolute atomic E-state index is 13.7. The molecular weight excluding hydrogens is 524 g/mol. The lowest BCUT2D eigenvalue weighted by molar-refractivity contribution is 0.433. The summed E-state index contributed by atoms with van der Waals surface area (Å²) < 4.78 is 2.22. The Morgan fingerprint density at radius 3 is 1.58 bits per heavy atom. The molecule has 4 aromatic heterocycles. The molecule has 0 atom stereocenters. The zero-order chi connectivity index (χ0) is 25.9. The first-order valence-corrected chi connectivity index (χ1v) is 13.1. The van der Waals surface area contributed by atoms with Crippen LogP contribution >= 0.6 is 34.3 Å². The van der Waals surface area contributed by atoms with Gasteiger partial charge in [-0.05, 0) is 17.7 Å². The minimum Gasteiger partial charge on any atom is -0.493 e. The smallest absolute Gasteiger partial charge is 0.283 e. The monoisotopic (exact) mass is 544 g/mol. The molecule has 0 aliphatic carbocycles. The van der Waals surface area contributed by atoms with Gasteiger partial charge in [-0.3, -0.25) is 9.59 Å². The Bertz CT molecular complexity index is 1630. The topological polar surface area (TPSA) is 135 Å². The molecule has 5 aromatic rings. The van der Waals surface area contributed by atoms with E-state index in [0.717, 1.165) is 9.03 Å². The number of nitrogens with zero attached hydrogens (tertiary/aromatic N) is 6. The number of benzene rings is 1. The van der Waals surface area contributed by atoms with E-state index < -0.39 is 28.8 Å². The van der Waals surface area contributed by atoms with E-state index in [4.69, 9.17) is 11.6 Å². The lowest BCUT2D eigenvalue weighted by atomic mass is 9.87. The van der Waals surface area contributed by atoms with Gasteiger partial charge in [0, 0.05) is 16.9 Å². The van der Waals surface area contributed by atoms with E-state index in [9.17, 15) is 19.8 Å². The summed E-state index contributed by atoms with van der Waals surface area (Å²) in [6.07, 6.45) is 0. The standard InChI is InChI=1S/C23H21ClN6O4S2/c1-9(2)18-27-29-20(33)14(16(31)25-22(29)35-18)13(11-5-7-12(24)8-6-11)15-17(32)26-23-30(21(15)34)28-19(36-23)10(3)4/h5-10,13,31-32H,1-4H3. The first-order chi connectivity index (χ1) is 17.1. The van der Waals surface area contributed by atoms with Crippen LogP contribution in [0.3, 0.4) is 0 Å². The van der Waals surface area contributed by atoms with Crippen LogP contribution in [-0.2, 0) is 0 Å². The van der Waals surface area contributed by atoms with Gasteiger partial charge in [0.2, 0.25) is 21.7 Å². The average Bonchev–Trinajstić information content (AvgIpc) is 3.44. The van der Waals surface area contributed by atoms with Crippen LogP contribution in [0.25, 0.3) is 9.92 Å². The molecule has 36 heavy (non-hydrogen) atoms. The number of aromatic nitrogens is 6. The molecule has 0 unspecified atom stereocenters. The number of hydrogen-bond donors (Lipinski definition) is 2. The molecule has 0 fully saturated rings. The number of fused-ring (bicyclic) bond motifs is 2. The predicted molar refractivity (Wildman–Crippen MR) is 138 cm³/mol. The third kappa shape index (κ3) is 3.94. The van der Waals surface area contributed by atoms with Crippen LogP contribution in [0.2, 0.25) is 5.02 Å². The Morgan fingerprint density at radius 2 is 1.19 bits per heavy atom. The maximum Gasteiger partial charge on any atom is 0.283 e. The van der Waals surface area contributed by atoms with Crippen molar-refractivity contribution in [3.05, 3.63) is 76.7 Å². The number of halogens is 1. The van der Waals surface area contributed by atoms with Gasteiger partial charge in [0.05, 0.1) is 17.0 Å². The third-order valence-electron chi connectivity index (χ3n) is 5.65. The fraction of sp³-hybridized carbons (Fsp3) is 0.304. The van der Waals surface area contributed by atoms with Crippen molar-refractivity contribution in [2.75, 3.05) is 0 Å². The minimum absolute atomic E-state index is 0.0360. The molecule has 0 amide bonds. The molecule has 4 heterocycles. The van der Waals surface area contributed by atoms with Crippen molar-refractivity contribution < 1.29 is 10.2 Å². The van der Waals surface area contributed by atoms with Crippen molar-refractivity contribution in [1.29, 1.82) is 0 Å². The molecule has 10 nitrogen and oxygen atoms in total. The highest BCUT2D eigenvalue weighted by Gasteiger charge is 2.33. The molecule has 2 N–H and O–H groups in total. The van der Waals surface area contributed by atoms with Gasteiger partial charge in [-0.25, -0.2) is 0 Å². The highest BCUT2D eigenvalue weighted by Crippen LogP contribution is 2.37. The van der Waals surface area contributed by atoms with E-state index in [0.29, 0.717) is 20.6 Å². The van der Waals surface area contributed by atoms with Gasteiger partial charge in [0.25, 0.3) is 11.1 Å². The molecule has 0 radical (unpaired) electrons. The summed E-state index contributed by atoms with van der Waals surface area (Å²) in [6.45, 7) is 7.72. The second-order valence-electron chi connectivity index (χ2n) is 8.87. The van der Waals surface area contributed by atoms with Gasteiger partial charge in [-0.2, -0.15) is 29.2 Å². The average molecular weight is 545 g/mol. The molecule has 0 spiro atoms. The molecule has 0 aliphatic heterocycles. The van der Waals surface area contributed by atoms with Crippen LogP contribution in [0.15, 0.2) is 33.9 Å². The van der Waals surface area contributed by atoms with E-state index in [1.807, 2.05) is 27.7 Å². The Balaban J connectivity index is 1.85. The van der Waals surface area contributed by atoms with Gasteiger partial charge >= 0.3 is 0 Å². The van der Waals surface area contributed by atoms with Crippen molar-refractivity contribution in [2.24, 2.45) is 0 Å². The fourth-order valence-corrected chi connectivity index (χ4v) is 5.73. The summed E-state index contributed by atoms with van der Waals surface area (Å²) in [5.41, 5.74) is -1.34. The van der Waals surface area contributed by atoms with Crippen LogP contribution in [-0.4, -0.2) is 39.4 Å². The van der Waals surface area contributed by atoms with E-state index in [1.54, 1.807) is 24.3 Å². The molecule has 0 aliphatic rings. The second kappa shape index (κ2) is 8.95. The molecule has 0 saturated heterocycles. The summed E-state index contributed by atoms with van der Waals surface area (Å²) in [4.78, 5) is 36.2. The number of hydrogen-bond acceptors (Lipinski definition) is 10. The van der Waals surface area contributed by atoms with Crippen molar-refractivity contribution in [2.45, 2.75) is 45.4 Å². The largest absolute Gasteiger partial charge is 0.493 e. The van der Waals surface area contributed by atoms with Crippen molar-refractivity contribution >= 4 is 44.2 Å². The van der Waals surface area contributed by atoms with Gasteiger partial charge < -0.3 is 10.2 Å². The van der Waals surface area contributed by atoms with Crippen LogP contribution in [0, 0.1) is 0 Å². The Labute approximate surface area is 217 Å². The van der Waals surface area contributed by atoms with Crippen LogP contribution in [0.4, 0.5) is 0 Å². The lowest BCUT2D eigenvalue weighted by Gasteiger charge is -2.18. The van der Waals surface area contributed by atoms with E-state index in [2.05, 4.69) is 20.2 Å². The zero-order valence-corrected chi connectivity index (χ0v) is 22.0. The van der Waals surface area contributed by atoms with Gasteiger partial charge in [-0.15, -0.1) is 0 Å². The molecular formula is C23H21ClN6O4S2. The highest BCUT2D eigenvalue weighted by atomic mass is 35.5. The summed E-state index contributed by atoms with van der Waals surface area (Å²) in [7, 11) is 0. The lowest BCUT2D eigenvalue weighted by Crippen LogP contribution is -2.29. The van der Waals surface area contributed by atoms with Gasteiger partial charge in [-0.1, -0.05) is 74.1 Å². The molecule has 0 saturated carbocycles. The van der Waals surface area contributed by atoms with E-state index >= 15 is 0 Å². The molecule has 186 valence electrons. The SMILES string of the molecule is CC(C)c1nn2c(=O)c(C(c3ccc(Cl)cc3)c3c(O)nc4sc(C(C)C)nn4c3=O)c(O)nc2s1. The fourth-order valence-electron chi connectivity index (χ4n) is 3.83. The van der Waals surface area contributed by atoms with E-state index in [1.165, 1.54) is 22.7 Å². The Kier molecular flexibility index (Phi) is 6.05. The number of aromatic hydroxyl groups is 2. The van der Waals surface area contributed by atoms with Crippen LogP contribution in [0.5, 0.6) is 11.8 Å². The molecule has 13 heteroatoms. The maximum atomic E-state index is 13.7.